The summed E-state index contributed by atoms with van der Waals surface area (Å²) in [7, 11) is 1.83. The van der Waals surface area contributed by atoms with E-state index >= 15 is 0 Å². The third kappa shape index (κ3) is 4.72. The minimum absolute atomic E-state index is 0.0384. The van der Waals surface area contributed by atoms with Gasteiger partial charge < -0.3 is 20.4 Å². The molecule has 136 valence electrons. The summed E-state index contributed by atoms with van der Waals surface area (Å²) in [5.74, 6) is 0.769. The Kier molecular flexibility index (Phi) is 5.91. The molecule has 2 saturated heterocycles. The third-order valence-corrected chi connectivity index (χ3v) is 5.16. The molecule has 2 fully saturated rings. The maximum Gasteiger partial charge on any atom is 0.320 e. The number of hydrogen-bond donors (Lipinski definition) is 2. The van der Waals surface area contributed by atoms with Crippen LogP contribution < -0.4 is 10.6 Å². The summed E-state index contributed by atoms with van der Waals surface area (Å²) in [4.78, 5) is 28.4. The highest BCUT2D eigenvalue weighted by Crippen LogP contribution is 2.19. The quantitative estimate of drug-likeness (QED) is 0.846. The number of nitrogens with zero attached hydrogens (tertiary/aromatic N) is 2. The van der Waals surface area contributed by atoms with Crippen molar-refractivity contribution in [2.75, 3.05) is 39.8 Å². The number of likely N-dealkylation sites (tertiary alicyclic amines) is 1. The molecule has 2 aliphatic rings. The minimum atomic E-state index is 0.0384. The van der Waals surface area contributed by atoms with Crippen LogP contribution in [0.15, 0.2) is 30.3 Å². The molecule has 0 aromatic heterocycles. The molecule has 0 bridgehead atoms. The van der Waals surface area contributed by atoms with Crippen LogP contribution in [0.1, 0.15) is 18.4 Å². The van der Waals surface area contributed by atoms with Crippen LogP contribution in [0.5, 0.6) is 0 Å². The molecule has 3 rings (SSSR count). The second kappa shape index (κ2) is 8.34. The number of carbonyl (C=O) groups excluding carboxylic acids is 2. The van der Waals surface area contributed by atoms with Gasteiger partial charge in [-0.1, -0.05) is 30.3 Å². The Bertz CT molecular complexity index is 580. The summed E-state index contributed by atoms with van der Waals surface area (Å²) in [6, 6.07) is 10.0. The first-order chi connectivity index (χ1) is 12.1. The van der Waals surface area contributed by atoms with Crippen molar-refractivity contribution in [3.05, 3.63) is 35.9 Å². The van der Waals surface area contributed by atoms with E-state index in [0.29, 0.717) is 25.6 Å². The molecule has 0 spiro atoms. The lowest BCUT2D eigenvalue weighted by Crippen LogP contribution is -2.50. The number of urea groups is 1. The maximum atomic E-state index is 12.6. The van der Waals surface area contributed by atoms with Gasteiger partial charge in [-0.05, 0) is 18.4 Å². The van der Waals surface area contributed by atoms with Gasteiger partial charge in [0.05, 0.1) is 0 Å². The smallest absolute Gasteiger partial charge is 0.320 e. The molecule has 6 heteroatoms. The van der Waals surface area contributed by atoms with Crippen molar-refractivity contribution in [2.24, 2.45) is 11.8 Å². The van der Waals surface area contributed by atoms with E-state index in [1.165, 1.54) is 0 Å². The van der Waals surface area contributed by atoms with Crippen molar-refractivity contribution in [3.8, 4) is 0 Å². The highest BCUT2D eigenvalue weighted by Gasteiger charge is 2.29. The summed E-state index contributed by atoms with van der Waals surface area (Å²) in [6.07, 6.45) is 1.50. The first kappa shape index (κ1) is 17.7. The predicted octanol–water partition coefficient (Wildman–Crippen LogP) is 1.29. The van der Waals surface area contributed by atoms with Gasteiger partial charge in [-0.2, -0.15) is 0 Å². The Labute approximate surface area is 149 Å². The number of nitrogens with one attached hydrogen (secondary N) is 2. The fourth-order valence-corrected chi connectivity index (χ4v) is 3.38. The van der Waals surface area contributed by atoms with Crippen molar-refractivity contribution in [1.29, 1.82) is 0 Å². The fourth-order valence-electron chi connectivity index (χ4n) is 3.38. The van der Waals surface area contributed by atoms with Gasteiger partial charge in [0.25, 0.3) is 0 Å². The zero-order chi connectivity index (χ0) is 17.6. The molecule has 0 atom stereocenters. The molecule has 0 unspecified atom stereocenters. The Morgan fingerprint density at radius 3 is 2.48 bits per heavy atom. The monoisotopic (exact) mass is 344 g/mol. The molecular weight excluding hydrogens is 316 g/mol. The van der Waals surface area contributed by atoms with E-state index in [1.807, 2.05) is 42.3 Å². The molecule has 1 aromatic carbocycles. The van der Waals surface area contributed by atoms with Crippen molar-refractivity contribution in [1.82, 2.24) is 20.4 Å². The van der Waals surface area contributed by atoms with E-state index in [4.69, 9.17) is 0 Å². The van der Waals surface area contributed by atoms with Crippen molar-refractivity contribution >= 4 is 11.9 Å². The van der Waals surface area contributed by atoms with Crippen molar-refractivity contribution in [3.63, 3.8) is 0 Å². The van der Waals surface area contributed by atoms with Gasteiger partial charge in [0.15, 0.2) is 0 Å². The average Bonchev–Trinajstić information content (AvgIpc) is 2.60. The van der Waals surface area contributed by atoms with Gasteiger partial charge in [-0.15, -0.1) is 0 Å². The molecule has 3 amide bonds. The zero-order valence-electron chi connectivity index (χ0n) is 14.9. The largest absolute Gasteiger partial charge is 0.355 e. The second-order valence-corrected chi connectivity index (χ2v) is 7.15. The molecule has 0 saturated carbocycles. The van der Waals surface area contributed by atoms with Crippen LogP contribution in [-0.4, -0.2) is 61.5 Å². The van der Waals surface area contributed by atoms with Gasteiger partial charge in [0.1, 0.15) is 0 Å². The maximum absolute atomic E-state index is 12.6. The summed E-state index contributed by atoms with van der Waals surface area (Å²) < 4.78 is 0. The first-order valence-electron chi connectivity index (χ1n) is 9.16. The number of piperidine rings is 1. The van der Waals surface area contributed by atoms with Crippen LogP contribution >= 0.6 is 0 Å². The second-order valence-electron chi connectivity index (χ2n) is 7.15. The predicted molar refractivity (Wildman–Crippen MR) is 97.0 cm³/mol. The van der Waals surface area contributed by atoms with Gasteiger partial charge in [0, 0.05) is 58.2 Å². The molecule has 0 radical (unpaired) electrons. The minimum Gasteiger partial charge on any atom is -0.355 e. The highest BCUT2D eigenvalue weighted by atomic mass is 16.2. The highest BCUT2D eigenvalue weighted by molar-refractivity contribution is 5.79. The number of carbonyl (C=O) groups is 2. The first-order valence-corrected chi connectivity index (χ1v) is 9.16. The normalized spacial score (nSPS) is 18.5. The Balaban J connectivity index is 1.41. The SMILES string of the molecule is CN(Cc1ccccc1)C(=O)N1CCC(C(=O)NCC2CNC2)CC1. The lowest BCUT2D eigenvalue weighted by molar-refractivity contribution is -0.126. The van der Waals surface area contributed by atoms with E-state index in [0.717, 1.165) is 38.0 Å². The topological polar surface area (TPSA) is 64.7 Å². The molecule has 1 aromatic rings. The third-order valence-electron chi connectivity index (χ3n) is 5.16. The van der Waals surface area contributed by atoms with E-state index in [9.17, 15) is 9.59 Å². The summed E-state index contributed by atoms with van der Waals surface area (Å²) in [5.41, 5.74) is 1.12. The van der Waals surface area contributed by atoms with Crippen LogP contribution in [0.3, 0.4) is 0 Å². The Hall–Kier alpha value is -2.08. The van der Waals surface area contributed by atoms with E-state index in [2.05, 4.69) is 10.6 Å². The lowest BCUT2D eigenvalue weighted by Gasteiger charge is -2.34. The molecule has 0 aliphatic carbocycles. The summed E-state index contributed by atoms with van der Waals surface area (Å²) >= 11 is 0. The summed E-state index contributed by atoms with van der Waals surface area (Å²) in [5, 5.41) is 6.27. The summed E-state index contributed by atoms with van der Waals surface area (Å²) in [6.45, 7) is 4.68. The average molecular weight is 344 g/mol. The van der Waals surface area contributed by atoms with E-state index < -0.39 is 0 Å². The molecule has 2 N–H and O–H groups in total. The zero-order valence-corrected chi connectivity index (χ0v) is 14.9. The van der Waals surface area contributed by atoms with E-state index in [1.54, 1.807) is 4.90 Å². The van der Waals surface area contributed by atoms with Crippen LogP contribution in [0.2, 0.25) is 0 Å². The van der Waals surface area contributed by atoms with Gasteiger partial charge in [0.2, 0.25) is 5.91 Å². The Morgan fingerprint density at radius 1 is 1.20 bits per heavy atom. The lowest BCUT2D eigenvalue weighted by atomic mass is 9.95. The number of amides is 3. The van der Waals surface area contributed by atoms with E-state index in [-0.39, 0.29) is 17.9 Å². The molecular formula is C19H28N4O2. The van der Waals surface area contributed by atoms with Gasteiger partial charge in [-0.25, -0.2) is 4.79 Å². The standard InChI is InChI=1S/C19H28N4O2/c1-22(14-15-5-3-2-4-6-15)19(25)23-9-7-17(8-10-23)18(24)21-13-16-11-20-12-16/h2-6,16-17,20H,7-14H2,1H3,(H,21,24). The van der Waals surface area contributed by atoms with Crippen molar-refractivity contribution < 1.29 is 9.59 Å². The Morgan fingerprint density at radius 2 is 1.88 bits per heavy atom. The van der Waals surface area contributed by atoms with Crippen LogP contribution in [0.25, 0.3) is 0 Å². The van der Waals surface area contributed by atoms with Crippen molar-refractivity contribution in [2.45, 2.75) is 19.4 Å². The van der Waals surface area contributed by atoms with Crippen LogP contribution in [0, 0.1) is 11.8 Å². The molecule has 6 nitrogen and oxygen atoms in total. The van der Waals surface area contributed by atoms with Gasteiger partial charge >= 0.3 is 6.03 Å². The molecule has 25 heavy (non-hydrogen) atoms. The molecule has 2 heterocycles. The van der Waals surface area contributed by atoms with Gasteiger partial charge in [-0.3, -0.25) is 4.79 Å². The molecule has 2 aliphatic heterocycles. The number of benzene rings is 1. The number of hydrogen-bond acceptors (Lipinski definition) is 3. The van der Waals surface area contributed by atoms with Crippen LogP contribution in [-0.2, 0) is 11.3 Å². The van der Waals surface area contributed by atoms with Crippen LogP contribution in [0.4, 0.5) is 4.79 Å². The fraction of sp³-hybridized carbons (Fsp3) is 0.579. The number of rotatable bonds is 5.